The number of nitrogens with one attached hydrogen (secondary N) is 1. The van der Waals surface area contributed by atoms with Gasteiger partial charge in [0.05, 0.1) is 0 Å². The van der Waals surface area contributed by atoms with Crippen molar-refractivity contribution >= 4 is 17.4 Å². The number of nitrogens with zero attached hydrogens (tertiary/aromatic N) is 4. The fourth-order valence-electron chi connectivity index (χ4n) is 4.79. The molecule has 0 bridgehead atoms. The molecule has 1 aliphatic heterocycles. The summed E-state index contributed by atoms with van der Waals surface area (Å²) in [6.07, 6.45) is 5.58. The SMILES string of the molecule is O=C(NC1CCCCC1)c1ccc(Cn2nc(N3CCN(c4ccccc4)CC3)ccc2=O)o1. The van der Waals surface area contributed by atoms with Crippen molar-refractivity contribution in [3.63, 3.8) is 0 Å². The normalized spacial score (nSPS) is 17.1. The molecule has 1 saturated heterocycles. The lowest BCUT2D eigenvalue weighted by atomic mass is 9.95. The van der Waals surface area contributed by atoms with Gasteiger partial charge < -0.3 is 19.5 Å². The van der Waals surface area contributed by atoms with E-state index in [9.17, 15) is 9.59 Å². The first-order valence-electron chi connectivity index (χ1n) is 12.2. The van der Waals surface area contributed by atoms with Gasteiger partial charge in [0.1, 0.15) is 18.1 Å². The van der Waals surface area contributed by atoms with E-state index in [1.165, 1.54) is 16.8 Å². The minimum atomic E-state index is -0.198. The van der Waals surface area contributed by atoms with Crippen LogP contribution in [0.1, 0.15) is 48.4 Å². The zero-order valence-electron chi connectivity index (χ0n) is 19.4. The molecule has 0 atom stereocenters. The first kappa shape index (κ1) is 22.3. The molecule has 1 saturated carbocycles. The molecule has 2 aliphatic rings. The Hall–Kier alpha value is -3.55. The van der Waals surface area contributed by atoms with E-state index in [2.05, 4.69) is 44.5 Å². The second-order valence-electron chi connectivity index (χ2n) is 9.07. The Labute approximate surface area is 199 Å². The van der Waals surface area contributed by atoms with E-state index in [1.54, 1.807) is 24.3 Å². The molecule has 0 unspecified atom stereocenters. The van der Waals surface area contributed by atoms with Crippen molar-refractivity contribution in [2.75, 3.05) is 36.0 Å². The molecular weight excluding hydrogens is 430 g/mol. The molecule has 1 N–H and O–H groups in total. The monoisotopic (exact) mass is 461 g/mol. The number of carbonyl (C=O) groups is 1. The average Bonchev–Trinajstić information content (AvgIpc) is 3.35. The van der Waals surface area contributed by atoms with Crippen LogP contribution in [0.4, 0.5) is 11.5 Å². The summed E-state index contributed by atoms with van der Waals surface area (Å²) in [4.78, 5) is 29.5. The average molecular weight is 462 g/mol. The van der Waals surface area contributed by atoms with Crippen LogP contribution in [0, 0.1) is 0 Å². The van der Waals surface area contributed by atoms with Crippen molar-refractivity contribution in [1.82, 2.24) is 15.1 Å². The third kappa shape index (κ3) is 5.16. The zero-order valence-corrected chi connectivity index (χ0v) is 19.4. The van der Waals surface area contributed by atoms with Gasteiger partial charge in [-0.2, -0.15) is 5.10 Å². The number of aromatic nitrogens is 2. The summed E-state index contributed by atoms with van der Waals surface area (Å²) >= 11 is 0. The Bertz CT molecular complexity index is 1160. The largest absolute Gasteiger partial charge is 0.454 e. The Morgan fingerprint density at radius 3 is 2.41 bits per heavy atom. The highest BCUT2D eigenvalue weighted by atomic mass is 16.4. The van der Waals surface area contributed by atoms with Gasteiger partial charge in [-0.1, -0.05) is 37.5 Å². The van der Waals surface area contributed by atoms with E-state index >= 15 is 0 Å². The number of amides is 1. The summed E-state index contributed by atoms with van der Waals surface area (Å²) in [5, 5.41) is 7.65. The highest BCUT2D eigenvalue weighted by Gasteiger charge is 2.21. The van der Waals surface area contributed by atoms with Crippen molar-refractivity contribution in [1.29, 1.82) is 0 Å². The third-order valence-corrected chi connectivity index (χ3v) is 6.71. The van der Waals surface area contributed by atoms with Gasteiger partial charge in [-0.15, -0.1) is 0 Å². The predicted octanol–water partition coefficient (Wildman–Crippen LogP) is 3.27. The zero-order chi connectivity index (χ0) is 23.3. The van der Waals surface area contributed by atoms with Crippen molar-refractivity contribution in [3.8, 4) is 0 Å². The van der Waals surface area contributed by atoms with Crippen LogP contribution in [-0.2, 0) is 6.54 Å². The quantitative estimate of drug-likeness (QED) is 0.607. The second kappa shape index (κ2) is 10.2. The molecule has 2 fully saturated rings. The molecule has 8 nitrogen and oxygen atoms in total. The lowest BCUT2D eigenvalue weighted by Gasteiger charge is -2.36. The number of para-hydroxylation sites is 1. The number of rotatable bonds is 6. The Morgan fingerprint density at radius 1 is 0.912 bits per heavy atom. The van der Waals surface area contributed by atoms with E-state index in [0.29, 0.717) is 5.76 Å². The van der Waals surface area contributed by atoms with Gasteiger partial charge in [0.2, 0.25) is 0 Å². The van der Waals surface area contributed by atoms with Crippen LogP contribution in [0.25, 0.3) is 0 Å². The molecule has 5 rings (SSSR count). The van der Waals surface area contributed by atoms with Gasteiger partial charge in [0.15, 0.2) is 5.76 Å². The highest BCUT2D eigenvalue weighted by Crippen LogP contribution is 2.20. The van der Waals surface area contributed by atoms with Crippen LogP contribution in [0.5, 0.6) is 0 Å². The summed E-state index contributed by atoms with van der Waals surface area (Å²) in [6, 6.07) is 17.4. The molecule has 178 valence electrons. The number of hydrogen-bond donors (Lipinski definition) is 1. The molecule has 3 aromatic rings. The highest BCUT2D eigenvalue weighted by molar-refractivity contribution is 5.91. The maximum absolute atomic E-state index is 12.5. The predicted molar refractivity (Wildman–Crippen MR) is 132 cm³/mol. The Kier molecular flexibility index (Phi) is 6.65. The van der Waals surface area contributed by atoms with E-state index < -0.39 is 0 Å². The lowest BCUT2D eigenvalue weighted by molar-refractivity contribution is 0.0897. The number of hydrogen-bond acceptors (Lipinski definition) is 6. The minimum Gasteiger partial charge on any atom is -0.454 e. The van der Waals surface area contributed by atoms with Crippen LogP contribution in [0.3, 0.4) is 0 Å². The van der Waals surface area contributed by atoms with Gasteiger partial charge >= 0.3 is 0 Å². The molecule has 0 spiro atoms. The van der Waals surface area contributed by atoms with E-state index in [1.807, 2.05) is 6.07 Å². The van der Waals surface area contributed by atoms with Gasteiger partial charge in [-0.05, 0) is 43.2 Å². The lowest BCUT2D eigenvalue weighted by Crippen LogP contribution is -2.47. The number of anilines is 2. The van der Waals surface area contributed by atoms with E-state index in [0.717, 1.165) is 57.7 Å². The molecule has 34 heavy (non-hydrogen) atoms. The number of benzene rings is 1. The first-order chi connectivity index (χ1) is 16.7. The van der Waals surface area contributed by atoms with Crippen LogP contribution in [-0.4, -0.2) is 47.9 Å². The molecule has 3 heterocycles. The number of carbonyl (C=O) groups excluding carboxylic acids is 1. The van der Waals surface area contributed by atoms with Gasteiger partial charge in [-0.25, -0.2) is 4.68 Å². The topological polar surface area (TPSA) is 83.6 Å². The summed E-state index contributed by atoms with van der Waals surface area (Å²) in [6.45, 7) is 3.62. The maximum Gasteiger partial charge on any atom is 0.287 e. The summed E-state index contributed by atoms with van der Waals surface area (Å²) < 4.78 is 7.17. The van der Waals surface area contributed by atoms with Gasteiger partial charge in [-0.3, -0.25) is 9.59 Å². The molecule has 0 radical (unpaired) electrons. The fourth-order valence-corrected chi connectivity index (χ4v) is 4.79. The summed E-state index contributed by atoms with van der Waals surface area (Å²) in [5.41, 5.74) is 1.03. The van der Waals surface area contributed by atoms with Crippen LogP contribution in [0.2, 0.25) is 0 Å². The van der Waals surface area contributed by atoms with Gasteiger partial charge in [0, 0.05) is 44.0 Å². The minimum absolute atomic E-state index is 0.188. The van der Waals surface area contributed by atoms with Crippen LogP contribution < -0.4 is 20.7 Å². The molecule has 2 aromatic heterocycles. The van der Waals surface area contributed by atoms with E-state index in [-0.39, 0.29) is 29.8 Å². The standard InChI is InChI=1S/C26H31N5O3/c32-25-14-13-24(30-17-15-29(16-18-30)21-9-5-2-6-10-21)28-31(25)19-22-11-12-23(34-22)26(33)27-20-7-3-1-4-8-20/h2,5-6,9-14,20H,1,3-4,7-8,15-19H2,(H,27,33). The van der Waals surface area contributed by atoms with Crippen molar-refractivity contribution in [3.05, 3.63) is 76.5 Å². The van der Waals surface area contributed by atoms with Crippen LogP contribution >= 0.6 is 0 Å². The van der Waals surface area contributed by atoms with Crippen molar-refractivity contribution in [2.45, 2.75) is 44.7 Å². The van der Waals surface area contributed by atoms with Gasteiger partial charge in [0.25, 0.3) is 11.5 Å². The smallest absolute Gasteiger partial charge is 0.287 e. The Balaban J connectivity index is 1.22. The Morgan fingerprint density at radius 2 is 1.65 bits per heavy atom. The fraction of sp³-hybridized carbons (Fsp3) is 0.423. The molecular formula is C26H31N5O3. The van der Waals surface area contributed by atoms with Crippen LogP contribution in [0.15, 0.2) is 63.8 Å². The molecule has 1 amide bonds. The third-order valence-electron chi connectivity index (χ3n) is 6.71. The summed E-state index contributed by atoms with van der Waals surface area (Å²) in [5.74, 6) is 1.40. The summed E-state index contributed by atoms with van der Waals surface area (Å²) in [7, 11) is 0. The number of piperazine rings is 1. The molecule has 1 aliphatic carbocycles. The van der Waals surface area contributed by atoms with E-state index in [4.69, 9.17) is 4.42 Å². The molecule has 1 aromatic carbocycles. The maximum atomic E-state index is 12.5. The molecule has 8 heteroatoms. The van der Waals surface area contributed by atoms with Crippen molar-refractivity contribution in [2.24, 2.45) is 0 Å². The number of furan rings is 1. The second-order valence-corrected chi connectivity index (χ2v) is 9.07. The van der Waals surface area contributed by atoms with Crippen molar-refractivity contribution < 1.29 is 9.21 Å². The first-order valence-corrected chi connectivity index (χ1v) is 12.2.